The number of anilines is 1. The zero-order valence-electron chi connectivity index (χ0n) is 16.8. The zero-order chi connectivity index (χ0) is 20.2. The van der Waals surface area contributed by atoms with Crippen molar-refractivity contribution in [2.24, 2.45) is 0 Å². The van der Waals surface area contributed by atoms with Crippen molar-refractivity contribution in [2.45, 2.75) is 51.9 Å². The van der Waals surface area contributed by atoms with Crippen molar-refractivity contribution in [3.63, 3.8) is 0 Å². The van der Waals surface area contributed by atoms with Crippen LogP contribution in [0.15, 0.2) is 36.4 Å². The molecule has 0 aliphatic carbocycles. The lowest BCUT2D eigenvalue weighted by Gasteiger charge is -2.10. The van der Waals surface area contributed by atoms with Crippen molar-refractivity contribution in [3.05, 3.63) is 42.0 Å². The minimum Gasteiger partial charge on any atom is -0.465 e. The highest BCUT2D eigenvalue weighted by molar-refractivity contribution is 7.80. The van der Waals surface area contributed by atoms with E-state index in [0.29, 0.717) is 15.7 Å². The number of ether oxygens (including phenoxy) is 1. The van der Waals surface area contributed by atoms with Crippen molar-refractivity contribution in [3.8, 4) is 10.4 Å². The summed E-state index contributed by atoms with van der Waals surface area (Å²) in [6.45, 7) is 3.07. The molecule has 0 fully saturated rings. The molecule has 0 saturated heterocycles. The third kappa shape index (κ3) is 7.24. The molecular formula is C22H30N2O2S2. The number of hydrogen-bond acceptors (Lipinski definition) is 4. The van der Waals surface area contributed by atoms with Crippen LogP contribution in [-0.2, 0) is 4.74 Å². The Balaban J connectivity index is 1.87. The fourth-order valence-corrected chi connectivity index (χ4v) is 4.25. The SMILES string of the molecule is CCCCCCCCCNC(=S)Nc1sc(-c2ccccc2)cc1C(=O)OC. The summed E-state index contributed by atoms with van der Waals surface area (Å²) in [4.78, 5) is 13.1. The van der Waals surface area contributed by atoms with E-state index in [1.54, 1.807) is 0 Å². The van der Waals surface area contributed by atoms with Gasteiger partial charge in [0.25, 0.3) is 0 Å². The van der Waals surface area contributed by atoms with Crippen LogP contribution in [0.4, 0.5) is 5.00 Å². The second kappa shape index (κ2) is 12.5. The van der Waals surface area contributed by atoms with Crippen molar-refractivity contribution in [1.82, 2.24) is 5.32 Å². The molecule has 2 aromatic rings. The van der Waals surface area contributed by atoms with Gasteiger partial charge >= 0.3 is 5.97 Å². The van der Waals surface area contributed by atoms with Gasteiger partial charge < -0.3 is 15.4 Å². The molecule has 2 N–H and O–H groups in total. The maximum absolute atomic E-state index is 12.1. The Hall–Kier alpha value is -1.92. The summed E-state index contributed by atoms with van der Waals surface area (Å²) in [5.41, 5.74) is 1.57. The van der Waals surface area contributed by atoms with Gasteiger partial charge in [-0.15, -0.1) is 11.3 Å². The lowest BCUT2D eigenvalue weighted by atomic mass is 10.1. The number of methoxy groups -OCH3 is 1. The Morgan fingerprint density at radius 2 is 1.75 bits per heavy atom. The quantitative estimate of drug-likeness (QED) is 0.257. The summed E-state index contributed by atoms with van der Waals surface area (Å²) in [5.74, 6) is -0.365. The van der Waals surface area contributed by atoms with E-state index in [1.165, 1.54) is 57.0 Å². The molecule has 1 aromatic heterocycles. The Labute approximate surface area is 177 Å². The number of rotatable bonds is 11. The van der Waals surface area contributed by atoms with Gasteiger partial charge in [0.05, 0.1) is 12.7 Å². The number of nitrogens with one attached hydrogen (secondary N) is 2. The van der Waals surface area contributed by atoms with Crippen LogP contribution in [0.2, 0.25) is 0 Å². The van der Waals surface area contributed by atoms with E-state index in [0.717, 1.165) is 23.4 Å². The monoisotopic (exact) mass is 418 g/mol. The first-order valence-electron chi connectivity index (χ1n) is 9.98. The molecule has 6 heteroatoms. The van der Waals surface area contributed by atoms with Crippen LogP contribution < -0.4 is 10.6 Å². The van der Waals surface area contributed by atoms with Crippen molar-refractivity contribution in [2.75, 3.05) is 19.0 Å². The number of thiophene rings is 1. The average Bonchev–Trinajstić information content (AvgIpc) is 3.13. The molecule has 0 spiro atoms. The molecule has 1 heterocycles. The van der Waals surface area contributed by atoms with Crippen LogP contribution in [0.3, 0.4) is 0 Å². The predicted molar refractivity (Wildman–Crippen MR) is 123 cm³/mol. The van der Waals surface area contributed by atoms with E-state index < -0.39 is 0 Å². The molecule has 152 valence electrons. The first-order chi connectivity index (χ1) is 13.7. The van der Waals surface area contributed by atoms with Gasteiger partial charge in [0.15, 0.2) is 5.11 Å². The minimum atomic E-state index is -0.365. The summed E-state index contributed by atoms with van der Waals surface area (Å²) >= 11 is 6.91. The van der Waals surface area contributed by atoms with Crippen LogP contribution in [0, 0.1) is 0 Å². The van der Waals surface area contributed by atoms with E-state index in [1.807, 2.05) is 36.4 Å². The maximum Gasteiger partial charge on any atom is 0.340 e. The summed E-state index contributed by atoms with van der Waals surface area (Å²) in [5, 5.41) is 7.66. The summed E-state index contributed by atoms with van der Waals surface area (Å²) < 4.78 is 4.93. The topological polar surface area (TPSA) is 50.4 Å². The summed E-state index contributed by atoms with van der Waals surface area (Å²) in [6.07, 6.45) is 8.85. The van der Waals surface area contributed by atoms with E-state index in [2.05, 4.69) is 17.6 Å². The molecule has 0 radical (unpaired) electrons. The van der Waals surface area contributed by atoms with Crippen molar-refractivity contribution >= 4 is 39.6 Å². The molecule has 0 bridgehead atoms. The number of carbonyl (C=O) groups excluding carboxylic acids is 1. The average molecular weight is 419 g/mol. The molecule has 0 aliphatic heterocycles. The van der Waals surface area contributed by atoms with Crippen LogP contribution >= 0.6 is 23.6 Å². The Morgan fingerprint density at radius 3 is 2.43 bits per heavy atom. The van der Waals surface area contributed by atoms with Gasteiger partial charge in [-0.25, -0.2) is 4.79 Å². The van der Waals surface area contributed by atoms with Crippen LogP contribution in [0.1, 0.15) is 62.2 Å². The normalized spacial score (nSPS) is 10.5. The second-order valence-electron chi connectivity index (χ2n) is 6.71. The van der Waals surface area contributed by atoms with Crippen molar-refractivity contribution in [1.29, 1.82) is 0 Å². The number of esters is 1. The minimum absolute atomic E-state index is 0.365. The number of benzene rings is 1. The predicted octanol–water partition coefficient (Wildman–Crippen LogP) is 6.24. The highest BCUT2D eigenvalue weighted by Gasteiger charge is 2.18. The Morgan fingerprint density at radius 1 is 1.07 bits per heavy atom. The molecule has 28 heavy (non-hydrogen) atoms. The smallest absolute Gasteiger partial charge is 0.340 e. The lowest BCUT2D eigenvalue weighted by molar-refractivity contribution is 0.0602. The number of thiocarbonyl (C=S) groups is 1. The number of hydrogen-bond donors (Lipinski definition) is 2. The van der Waals surface area contributed by atoms with Gasteiger partial charge in [0, 0.05) is 11.4 Å². The molecule has 0 aliphatic rings. The highest BCUT2D eigenvalue weighted by Crippen LogP contribution is 2.35. The van der Waals surface area contributed by atoms with Gasteiger partial charge in [-0.05, 0) is 30.3 Å². The second-order valence-corrected chi connectivity index (χ2v) is 8.17. The van der Waals surface area contributed by atoms with Crippen molar-refractivity contribution < 1.29 is 9.53 Å². The molecule has 0 unspecified atom stereocenters. The largest absolute Gasteiger partial charge is 0.465 e. The fraction of sp³-hybridized carbons (Fsp3) is 0.455. The van der Waals surface area contributed by atoms with E-state index in [-0.39, 0.29) is 5.97 Å². The summed E-state index contributed by atoms with van der Waals surface area (Å²) in [7, 11) is 1.39. The summed E-state index contributed by atoms with van der Waals surface area (Å²) in [6, 6.07) is 11.8. The Kier molecular flexibility index (Phi) is 10.0. The molecule has 0 atom stereocenters. The van der Waals surface area contributed by atoms with Crippen LogP contribution in [-0.4, -0.2) is 24.7 Å². The highest BCUT2D eigenvalue weighted by atomic mass is 32.1. The first-order valence-corrected chi connectivity index (χ1v) is 11.2. The fourth-order valence-electron chi connectivity index (χ4n) is 2.92. The zero-order valence-corrected chi connectivity index (χ0v) is 18.4. The Bertz CT molecular complexity index is 744. The van der Waals surface area contributed by atoms with E-state index in [9.17, 15) is 4.79 Å². The van der Waals surface area contributed by atoms with Gasteiger partial charge in [-0.1, -0.05) is 75.8 Å². The van der Waals surface area contributed by atoms with Gasteiger partial charge in [0.2, 0.25) is 0 Å². The first kappa shape index (κ1) is 22.4. The van der Waals surface area contributed by atoms with Crippen LogP contribution in [0.25, 0.3) is 10.4 Å². The van der Waals surface area contributed by atoms with Crippen LogP contribution in [0.5, 0.6) is 0 Å². The molecular weight excluding hydrogens is 388 g/mol. The van der Waals surface area contributed by atoms with Gasteiger partial charge in [-0.2, -0.15) is 0 Å². The molecule has 0 amide bonds. The van der Waals surface area contributed by atoms with Gasteiger partial charge in [-0.3, -0.25) is 0 Å². The van der Waals surface area contributed by atoms with Gasteiger partial charge in [0.1, 0.15) is 5.00 Å². The lowest BCUT2D eigenvalue weighted by Crippen LogP contribution is -2.29. The van der Waals surface area contributed by atoms with E-state index in [4.69, 9.17) is 17.0 Å². The molecule has 2 rings (SSSR count). The van der Waals surface area contributed by atoms with E-state index >= 15 is 0 Å². The number of carbonyl (C=O) groups is 1. The standard InChI is InChI=1S/C22H30N2O2S2/c1-3-4-5-6-7-8-12-15-23-22(27)24-20-18(21(25)26-2)16-19(28-20)17-13-10-9-11-14-17/h9-11,13-14,16H,3-8,12,15H2,1-2H3,(H2,23,24,27). The number of unbranched alkanes of at least 4 members (excludes halogenated alkanes) is 6. The third-order valence-electron chi connectivity index (χ3n) is 4.49. The third-order valence-corrected chi connectivity index (χ3v) is 5.83. The molecule has 1 aromatic carbocycles. The maximum atomic E-state index is 12.1. The molecule has 0 saturated carbocycles. The molecule has 4 nitrogen and oxygen atoms in total.